The van der Waals surface area contributed by atoms with Crippen LogP contribution < -0.4 is 0 Å². The zero-order valence-corrected chi connectivity index (χ0v) is 20.5. The number of ether oxygens (including phenoxy) is 1. The first-order chi connectivity index (χ1) is 15.0. The number of Topliss-reactive ketones (excluding diaryl/α,β-unsaturated/α-hetero) is 1. The topological polar surface area (TPSA) is 80.8 Å². The van der Waals surface area contributed by atoms with Crippen molar-refractivity contribution in [3.05, 3.63) is 62.6 Å². The highest BCUT2D eigenvalue weighted by molar-refractivity contribution is 7.89. The molecule has 0 aliphatic carbocycles. The number of hydrogen-bond acceptors (Lipinski definition) is 5. The fourth-order valence-corrected chi connectivity index (χ4v) is 6.34. The van der Waals surface area contributed by atoms with Crippen LogP contribution in [0.5, 0.6) is 0 Å². The molecule has 0 saturated carbocycles. The molecule has 32 heavy (non-hydrogen) atoms. The summed E-state index contributed by atoms with van der Waals surface area (Å²) in [7, 11) is -3.88. The number of benzene rings is 2. The molecule has 0 radical (unpaired) electrons. The molecule has 0 aromatic heterocycles. The maximum Gasteiger partial charge on any atom is 0.309 e. The standard InChI is InChI=1S/C23H25Cl2NO5S/c1-14-11-16(3)18(12-15(14)2)21(27)13-31-23(28)17-7-9-26(10-8-17)32(29,30)22-19(24)5-4-6-20(22)25/h4-6,11-12,17H,7-10,13H2,1-3H3. The smallest absolute Gasteiger partial charge is 0.309 e. The summed E-state index contributed by atoms with van der Waals surface area (Å²) in [6, 6.07) is 8.26. The summed E-state index contributed by atoms with van der Waals surface area (Å²) >= 11 is 12.1. The highest BCUT2D eigenvalue weighted by atomic mass is 35.5. The van der Waals surface area contributed by atoms with Crippen LogP contribution in [0.25, 0.3) is 0 Å². The van der Waals surface area contributed by atoms with E-state index < -0.39 is 21.9 Å². The summed E-state index contributed by atoms with van der Waals surface area (Å²) in [5.41, 5.74) is 3.47. The number of sulfonamides is 1. The number of hydrogen-bond donors (Lipinski definition) is 0. The van der Waals surface area contributed by atoms with Crippen LogP contribution in [0.3, 0.4) is 0 Å². The minimum Gasteiger partial charge on any atom is -0.457 e. The van der Waals surface area contributed by atoms with Crippen molar-refractivity contribution < 1.29 is 22.7 Å². The molecule has 3 rings (SSSR count). The third-order valence-corrected chi connectivity index (χ3v) is 8.65. The molecule has 1 aliphatic heterocycles. The van der Waals surface area contributed by atoms with Gasteiger partial charge in [0.05, 0.1) is 16.0 Å². The maximum atomic E-state index is 13.0. The zero-order chi connectivity index (χ0) is 23.6. The first kappa shape index (κ1) is 24.7. The van der Waals surface area contributed by atoms with Gasteiger partial charge in [0, 0.05) is 18.7 Å². The Morgan fingerprint density at radius 3 is 2.16 bits per heavy atom. The average Bonchev–Trinajstić information content (AvgIpc) is 2.74. The van der Waals surface area contributed by atoms with E-state index in [1.54, 1.807) is 6.07 Å². The largest absolute Gasteiger partial charge is 0.457 e. The lowest BCUT2D eigenvalue weighted by atomic mass is 9.97. The third kappa shape index (κ3) is 5.17. The van der Waals surface area contributed by atoms with Gasteiger partial charge in [-0.3, -0.25) is 9.59 Å². The van der Waals surface area contributed by atoms with E-state index in [1.807, 2.05) is 32.9 Å². The Morgan fingerprint density at radius 1 is 1.00 bits per heavy atom. The van der Waals surface area contributed by atoms with Crippen molar-refractivity contribution in [3.63, 3.8) is 0 Å². The molecule has 2 aromatic rings. The summed E-state index contributed by atoms with van der Waals surface area (Å²) in [6.07, 6.45) is 0.577. The lowest BCUT2D eigenvalue weighted by Gasteiger charge is -2.30. The van der Waals surface area contributed by atoms with Crippen molar-refractivity contribution in [1.82, 2.24) is 4.31 Å². The van der Waals surface area contributed by atoms with E-state index in [0.717, 1.165) is 16.7 Å². The second kappa shape index (κ2) is 9.91. The van der Waals surface area contributed by atoms with Crippen molar-refractivity contribution in [3.8, 4) is 0 Å². The summed E-state index contributed by atoms with van der Waals surface area (Å²) in [5, 5.41) is 0.110. The van der Waals surface area contributed by atoms with Crippen LogP contribution in [0.2, 0.25) is 10.0 Å². The Hall–Kier alpha value is -1.93. The number of carbonyl (C=O) groups excluding carboxylic acids is 2. The number of rotatable bonds is 6. The SMILES string of the molecule is Cc1cc(C)c(C(=O)COC(=O)C2CCN(S(=O)(=O)c3c(Cl)cccc3Cl)CC2)cc1C. The summed E-state index contributed by atoms with van der Waals surface area (Å²) in [6.45, 7) is 5.68. The Bertz CT molecular complexity index is 1130. The number of halogens is 2. The van der Waals surface area contributed by atoms with Crippen LogP contribution >= 0.6 is 23.2 Å². The molecule has 0 unspecified atom stereocenters. The predicted molar refractivity (Wildman–Crippen MR) is 124 cm³/mol. The van der Waals surface area contributed by atoms with Crippen LogP contribution in [0.4, 0.5) is 0 Å². The van der Waals surface area contributed by atoms with Crippen molar-refractivity contribution in [2.45, 2.75) is 38.5 Å². The normalized spacial score (nSPS) is 15.5. The van der Waals surface area contributed by atoms with E-state index in [-0.39, 0.29) is 53.3 Å². The van der Waals surface area contributed by atoms with Crippen molar-refractivity contribution in [2.75, 3.05) is 19.7 Å². The van der Waals surface area contributed by atoms with Crippen molar-refractivity contribution in [2.24, 2.45) is 5.92 Å². The molecule has 1 fully saturated rings. The third-order valence-electron chi connectivity index (χ3n) is 5.79. The Labute approximate surface area is 198 Å². The van der Waals surface area contributed by atoms with E-state index in [4.69, 9.17) is 27.9 Å². The van der Waals surface area contributed by atoms with Gasteiger partial charge in [0.25, 0.3) is 0 Å². The van der Waals surface area contributed by atoms with Gasteiger partial charge in [-0.05, 0) is 68.5 Å². The second-order valence-electron chi connectivity index (χ2n) is 8.01. The van der Waals surface area contributed by atoms with E-state index >= 15 is 0 Å². The number of nitrogens with zero attached hydrogens (tertiary/aromatic N) is 1. The molecule has 172 valence electrons. The molecule has 1 heterocycles. The molecular formula is C23H25Cl2NO5S. The van der Waals surface area contributed by atoms with Gasteiger partial charge in [-0.2, -0.15) is 4.31 Å². The first-order valence-corrected chi connectivity index (χ1v) is 12.4. The molecule has 6 nitrogen and oxygen atoms in total. The van der Waals surface area contributed by atoms with Gasteiger partial charge in [-0.25, -0.2) is 8.42 Å². The fourth-order valence-electron chi connectivity index (χ4n) is 3.78. The van der Waals surface area contributed by atoms with Crippen molar-refractivity contribution in [1.29, 1.82) is 0 Å². The van der Waals surface area contributed by atoms with Gasteiger partial charge in [0.1, 0.15) is 4.90 Å². The minimum atomic E-state index is -3.88. The molecule has 0 spiro atoms. The Kier molecular flexibility index (Phi) is 7.65. The van der Waals surface area contributed by atoms with Crippen LogP contribution in [-0.4, -0.2) is 44.2 Å². The second-order valence-corrected chi connectivity index (χ2v) is 10.7. The van der Waals surface area contributed by atoms with Gasteiger partial charge < -0.3 is 4.74 Å². The van der Waals surface area contributed by atoms with Crippen LogP contribution in [0.15, 0.2) is 35.2 Å². The monoisotopic (exact) mass is 497 g/mol. The number of ketones is 1. The summed E-state index contributed by atoms with van der Waals surface area (Å²) < 4.78 is 32.5. The van der Waals surface area contributed by atoms with Gasteiger partial charge in [-0.1, -0.05) is 35.3 Å². The van der Waals surface area contributed by atoms with Crippen LogP contribution in [0.1, 0.15) is 39.9 Å². The molecule has 2 aromatic carbocycles. The molecule has 0 N–H and O–H groups in total. The number of aryl methyl sites for hydroxylation is 3. The maximum absolute atomic E-state index is 13.0. The molecule has 1 saturated heterocycles. The van der Waals surface area contributed by atoms with Crippen LogP contribution in [0, 0.1) is 26.7 Å². The van der Waals surface area contributed by atoms with E-state index in [0.29, 0.717) is 5.56 Å². The van der Waals surface area contributed by atoms with E-state index in [1.165, 1.54) is 16.4 Å². The van der Waals surface area contributed by atoms with Crippen LogP contribution in [-0.2, 0) is 19.6 Å². The van der Waals surface area contributed by atoms with Crippen molar-refractivity contribution >= 4 is 45.0 Å². The molecule has 0 atom stereocenters. The van der Waals surface area contributed by atoms with Gasteiger partial charge in [0.2, 0.25) is 15.8 Å². The summed E-state index contributed by atoms with van der Waals surface area (Å²) in [4.78, 5) is 24.9. The number of piperidine rings is 1. The van der Waals surface area contributed by atoms with E-state index in [2.05, 4.69) is 0 Å². The molecule has 0 amide bonds. The lowest BCUT2D eigenvalue weighted by Crippen LogP contribution is -2.41. The molecule has 1 aliphatic rings. The predicted octanol–water partition coefficient (Wildman–Crippen LogP) is 4.75. The number of carbonyl (C=O) groups is 2. The average molecular weight is 498 g/mol. The first-order valence-electron chi connectivity index (χ1n) is 10.2. The fraction of sp³-hybridized carbons (Fsp3) is 0.391. The molecule has 9 heteroatoms. The highest BCUT2D eigenvalue weighted by Gasteiger charge is 2.35. The lowest BCUT2D eigenvalue weighted by molar-refractivity contribution is -0.148. The Morgan fingerprint density at radius 2 is 1.56 bits per heavy atom. The quantitative estimate of drug-likeness (QED) is 0.425. The molecular weight excluding hydrogens is 473 g/mol. The van der Waals surface area contributed by atoms with E-state index in [9.17, 15) is 18.0 Å². The van der Waals surface area contributed by atoms with Gasteiger partial charge in [0.15, 0.2) is 6.61 Å². The van der Waals surface area contributed by atoms with Gasteiger partial charge >= 0.3 is 5.97 Å². The highest BCUT2D eigenvalue weighted by Crippen LogP contribution is 2.33. The minimum absolute atomic E-state index is 0.0548. The van der Waals surface area contributed by atoms with Gasteiger partial charge in [-0.15, -0.1) is 0 Å². The zero-order valence-electron chi connectivity index (χ0n) is 18.2. The number of esters is 1. The summed E-state index contributed by atoms with van der Waals surface area (Å²) in [5.74, 6) is -1.23. The Balaban J connectivity index is 1.59. The molecule has 0 bridgehead atoms.